The molecule has 0 radical (unpaired) electrons. The summed E-state index contributed by atoms with van der Waals surface area (Å²) >= 11 is 0. The molecule has 0 atom stereocenters. The normalized spacial score (nSPS) is 11.7. The van der Waals surface area contributed by atoms with E-state index in [0.717, 1.165) is 12.0 Å². The van der Waals surface area contributed by atoms with Crippen LogP contribution in [0.25, 0.3) is 0 Å². The van der Waals surface area contributed by atoms with Gasteiger partial charge < -0.3 is 5.32 Å². The van der Waals surface area contributed by atoms with Gasteiger partial charge >= 0.3 is 0 Å². The Morgan fingerprint density at radius 3 is 1.63 bits per heavy atom. The molecule has 0 unspecified atom stereocenters. The van der Waals surface area contributed by atoms with Crippen molar-refractivity contribution in [2.45, 2.75) is 104 Å². The molecule has 0 saturated heterocycles. The van der Waals surface area contributed by atoms with Crippen molar-refractivity contribution in [3.05, 3.63) is 0 Å². The van der Waals surface area contributed by atoms with E-state index in [-0.39, 0.29) is 0 Å². The summed E-state index contributed by atoms with van der Waals surface area (Å²) in [5.74, 6) is 0.997. The van der Waals surface area contributed by atoms with Gasteiger partial charge in [-0.05, 0) is 31.7 Å². The van der Waals surface area contributed by atoms with Gasteiger partial charge in [-0.25, -0.2) is 0 Å². The predicted octanol–water partition coefficient (Wildman–Crippen LogP) is 5.93. The van der Waals surface area contributed by atoms with E-state index >= 15 is 0 Å². The maximum atomic E-state index is 3.76. The highest BCUT2D eigenvalue weighted by molar-refractivity contribution is 4.66. The molecule has 19 heavy (non-hydrogen) atoms. The molecule has 0 fully saturated rings. The zero-order valence-corrected chi connectivity index (χ0v) is 14.1. The van der Waals surface area contributed by atoms with Crippen LogP contribution in [0.1, 0.15) is 98.3 Å². The topological polar surface area (TPSA) is 12.0 Å². The Balaban J connectivity index is 3.59. The van der Waals surface area contributed by atoms with Crippen molar-refractivity contribution in [2.75, 3.05) is 6.54 Å². The van der Waals surface area contributed by atoms with Crippen LogP contribution in [-0.2, 0) is 0 Å². The van der Waals surface area contributed by atoms with Gasteiger partial charge in [0.05, 0.1) is 0 Å². The van der Waals surface area contributed by atoms with Crippen LogP contribution in [0.2, 0.25) is 0 Å². The minimum atomic E-state index is 0.775. The molecule has 0 spiro atoms. The Morgan fingerprint density at radius 2 is 1.16 bits per heavy atom. The van der Waals surface area contributed by atoms with Crippen LogP contribution in [0.4, 0.5) is 0 Å². The van der Waals surface area contributed by atoms with E-state index in [2.05, 4.69) is 33.0 Å². The van der Waals surface area contributed by atoms with Crippen molar-refractivity contribution >= 4 is 0 Å². The highest BCUT2D eigenvalue weighted by atomic mass is 14.9. The SMILES string of the molecule is CCCC(CCC)CCCCNC(CCC)CCC. The summed E-state index contributed by atoms with van der Waals surface area (Å²) in [4.78, 5) is 0. The lowest BCUT2D eigenvalue weighted by Gasteiger charge is -2.18. The van der Waals surface area contributed by atoms with Crippen molar-refractivity contribution in [3.8, 4) is 0 Å². The second-order valence-electron chi connectivity index (χ2n) is 6.17. The molecule has 0 aliphatic carbocycles. The second-order valence-corrected chi connectivity index (χ2v) is 6.17. The van der Waals surface area contributed by atoms with Gasteiger partial charge in [-0.15, -0.1) is 0 Å². The summed E-state index contributed by atoms with van der Waals surface area (Å²) in [5, 5.41) is 3.76. The van der Waals surface area contributed by atoms with Crippen LogP contribution in [0, 0.1) is 5.92 Å². The summed E-state index contributed by atoms with van der Waals surface area (Å²) in [6.07, 6.45) is 15.2. The Kier molecular flexibility index (Phi) is 14.3. The van der Waals surface area contributed by atoms with Gasteiger partial charge in [0.15, 0.2) is 0 Å². The molecule has 0 heterocycles. The van der Waals surface area contributed by atoms with Gasteiger partial charge in [-0.2, -0.15) is 0 Å². The molecule has 0 aromatic rings. The van der Waals surface area contributed by atoms with Gasteiger partial charge in [0.2, 0.25) is 0 Å². The highest BCUT2D eigenvalue weighted by Crippen LogP contribution is 2.20. The third kappa shape index (κ3) is 11.5. The maximum absolute atomic E-state index is 3.76. The molecule has 1 N–H and O–H groups in total. The summed E-state index contributed by atoms with van der Waals surface area (Å²) in [7, 11) is 0. The number of hydrogen-bond donors (Lipinski definition) is 1. The van der Waals surface area contributed by atoms with Crippen LogP contribution in [0.3, 0.4) is 0 Å². The van der Waals surface area contributed by atoms with Gasteiger partial charge in [0.1, 0.15) is 0 Å². The standard InChI is InChI=1S/C18H39N/c1-5-11-17(12-6-2)15-9-10-16-19-18(13-7-3)14-8-4/h17-19H,5-16H2,1-4H3. The van der Waals surface area contributed by atoms with E-state index in [1.54, 1.807) is 0 Å². The van der Waals surface area contributed by atoms with Crippen molar-refractivity contribution in [1.29, 1.82) is 0 Å². The molecule has 0 saturated carbocycles. The lowest BCUT2D eigenvalue weighted by Crippen LogP contribution is -2.29. The van der Waals surface area contributed by atoms with E-state index in [0.29, 0.717) is 0 Å². The zero-order valence-electron chi connectivity index (χ0n) is 14.1. The lowest BCUT2D eigenvalue weighted by atomic mass is 9.92. The van der Waals surface area contributed by atoms with E-state index in [4.69, 9.17) is 0 Å². The molecule has 0 rings (SSSR count). The first-order chi connectivity index (χ1) is 9.28. The first kappa shape index (κ1) is 19.0. The number of rotatable bonds is 14. The van der Waals surface area contributed by atoms with Crippen molar-refractivity contribution in [3.63, 3.8) is 0 Å². The van der Waals surface area contributed by atoms with Crippen molar-refractivity contribution in [2.24, 2.45) is 5.92 Å². The van der Waals surface area contributed by atoms with Crippen molar-refractivity contribution < 1.29 is 0 Å². The number of nitrogens with one attached hydrogen (secondary N) is 1. The van der Waals surface area contributed by atoms with E-state index < -0.39 is 0 Å². The van der Waals surface area contributed by atoms with E-state index in [1.807, 2.05) is 0 Å². The highest BCUT2D eigenvalue weighted by Gasteiger charge is 2.07. The Labute approximate surface area is 122 Å². The van der Waals surface area contributed by atoms with Crippen LogP contribution < -0.4 is 5.32 Å². The Morgan fingerprint density at radius 1 is 0.632 bits per heavy atom. The second kappa shape index (κ2) is 14.4. The third-order valence-corrected chi connectivity index (χ3v) is 4.14. The molecule has 0 aliphatic rings. The maximum Gasteiger partial charge on any atom is 0.00668 e. The molecular weight excluding hydrogens is 230 g/mol. The van der Waals surface area contributed by atoms with Crippen LogP contribution >= 0.6 is 0 Å². The predicted molar refractivity (Wildman–Crippen MR) is 88.8 cm³/mol. The van der Waals surface area contributed by atoms with Gasteiger partial charge in [-0.1, -0.05) is 79.1 Å². The van der Waals surface area contributed by atoms with Crippen LogP contribution in [0.15, 0.2) is 0 Å². The summed E-state index contributed by atoms with van der Waals surface area (Å²) in [5.41, 5.74) is 0. The summed E-state index contributed by atoms with van der Waals surface area (Å²) in [6.45, 7) is 10.5. The molecule has 1 heteroatoms. The monoisotopic (exact) mass is 269 g/mol. The van der Waals surface area contributed by atoms with Crippen LogP contribution in [-0.4, -0.2) is 12.6 Å². The average molecular weight is 270 g/mol. The molecule has 0 amide bonds. The molecular formula is C18H39N. The minimum absolute atomic E-state index is 0.775. The van der Waals surface area contributed by atoms with E-state index in [9.17, 15) is 0 Å². The first-order valence-electron chi connectivity index (χ1n) is 9.01. The molecule has 0 aromatic carbocycles. The first-order valence-corrected chi connectivity index (χ1v) is 9.01. The Hall–Kier alpha value is -0.0400. The fourth-order valence-corrected chi connectivity index (χ4v) is 3.16. The largest absolute Gasteiger partial charge is 0.314 e. The fraction of sp³-hybridized carbons (Fsp3) is 1.00. The molecule has 0 bridgehead atoms. The zero-order chi connectivity index (χ0) is 14.3. The van der Waals surface area contributed by atoms with Gasteiger partial charge in [0, 0.05) is 6.04 Å². The van der Waals surface area contributed by atoms with E-state index in [1.165, 1.54) is 77.2 Å². The third-order valence-electron chi connectivity index (χ3n) is 4.14. The van der Waals surface area contributed by atoms with Gasteiger partial charge in [0.25, 0.3) is 0 Å². The molecule has 116 valence electrons. The summed E-state index contributed by atoms with van der Waals surface area (Å²) < 4.78 is 0. The van der Waals surface area contributed by atoms with Crippen LogP contribution in [0.5, 0.6) is 0 Å². The van der Waals surface area contributed by atoms with Crippen molar-refractivity contribution in [1.82, 2.24) is 5.32 Å². The fourth-order valence-electron chi connectivity index (χ4n) is 3.16. The quantitative estimate of drug-likeness (QED) is 0.385. The molecule has 0 aromatic heterocycles. The smallest absolute Gasteiger partial charge is 0.00668 e. The molecule has 0 aliphatic heterocycles. The van der Waals surface area contributed by atoms with Gasteiger partial charge in [-0.3, -0.25) is 0 Å². The number of unbranched alkanes of at least 4 members (excludes halogenated alkanes) is 1. The molecule has 1 nitrogen and oxygen atoms in total. The Bertz CT molecular complexity index is 137. The number of hydrogen-bond acceptors (Lipinski definition) is 1. The summed E-state index contributed by atoms with van der Waals surface area (Å²) in [6, 6.07) is 0.775. The minimum Gasteiger partial charge on any atom is -0.314 e. The average Bonchev–Trinajstić information content (AvgIpc) is 2.39. The lowest BCUT2D eigenvalue weighted by molar-refractivity contribution is 0.383.